The van der Waals surface area contributed by atoms with Crippen LogP contribution in [0.2, 0.25) is 0 Å². The van der Waals surface area contributed by atoms with E-state index in [-0.39, 0.29) is 12.1 Å². The van der Waals surface area contributed by atoms with Crippen LogP contribution >= 0.6 is 0 Å². The molecule has 0 saturated heterocycles. The van der Waals surface area contributed by atoms with Gasteiger partial charge in [-0.2, -0.15) is 0 Å². The predicted octanol–water partition coefficient (Wildman–Crippen LogP) is -0.560. The first-order chi connectivity index (χ1) is 7.45. The van der Waals surface area contributed by atoms with Crippen LogP contribution in [0.1, 0.15) is 19.8 Å². The summed E-state index contributed by atoms with van der Waals surface area (Å²) in [7, 11) is 0. The lowest BCUT2D eigenvalue weighted by atomic mass is 9.79. The van der Waals surface area contributed by atoms with E-state index in [9.17, 15) is 9.59 Å². The minimum atomic E-state index is -1.00. The highest BCUT2D eigenvalue weighted by molar-refractivity contribution is 6.39. The van der Waals surface area contributed by atoms with Gasteiger partial charge in [-0.05, 0) is 6.92 Å². The van der Waals surface area contributed by atoms with Gasteiger partial charge in [-0.15, -0.1) is 0 Å². The van der Waals surface area contributed by atoms with E-state index in [4.69, 9.17) is 16.2 Å². The molecule has 0 spiro atoms. The lowest BCUT2D eigenvalue weighted by Crippen LogP contribution is -2.42. The van der Waals surface area contributed by atoms with Crippen LogP contribution in [0.15, 0.2) is 16.4 Å². The highest BCUT2D eigenvalue weighted by Gasteiger charge is 2.45. The molecular formula is C10H13N3O3. The largest absolute Gasteiger partial charge is 0.494 e. The lowest BCUT2D eigenvalue weighted by Gasteiger charge is -2.29. The predicted molar refractivity (Wildman–Crippen MR) is 56.1 cm³/mol. The zero-order valence-corrected chi connectivity index (χ0v) is 8.95. The Balaban J connectivity index is 2.49. The Morgan fingerprint density at radius 1 is 1.44 bits per heavy atom. The number of amides is 2. The van der Waals surface area contributed by atoms with E-state index < -0.39 is 17.2 Å². The van der Waals surface area contributed by atoms with Gasteiger partial charge in [-0.1, -0.05) is 0 Å². The van der Waals surface area contributed by atoms with Crippen molar-refractivity contribution >= 4 is 17.5 Å². The van der Waals surface area contributed by atoms with Crippen LogP contribution in [-0.2, 0) is 14.3 Å². The highest BCUT2D eigenvalue weighted by Crippen LogP contribution is 2.41. The Bertz CT molecular complexity index is 439. The Kier molecular flexibility index (Phi) is 2.22. The minimum Gasteiger partial charge on any atom is -0.494 e. The molecule has 2 aliphatic heterocycles. The molecule has 0 bridgehead atoms. The van der Waals surface area contributed by atoms with Crippen molar-refractivity contribution in [3.8, 4) is 0 Å². The molecule has 86 valence electrons. The molecule has 0 aromatic heterocycles. The first-order valence-corrected chi connectivity index (χ1v) is 4.99. The second-order valence-electron chi connectivity index (χ2n) is 4.17. The van der Waals surface area contributed by atoms with Crippen LogP contribution in [-0.4, -0.2) is 24.1 Å². The summed E-state index contributed by atoms with van der Waals surface area (Å²) in [6.07, 6.45) is 0.686. The van der Waals surface area contributed by atoms with E-state index in [0.29, 0.717) is 24.5 Å². The van der Waals surface area contributed by atoms with Crippen LogP contribution in [0.3, 0.4) is 0 Å². The Labute approximate surface area is 92.3 Å². The van der Waals surface area contributed by atoms with Crippen molar-refractivity contribution in [2.75, 3.05) is 6.61 Å². The minimum absolute atomic E-state index is 0.108. The number of primary amides is 2. The van der Waals surface area contributed by atoms with Crippen molar-refractivity contribution in [1.82, 2.24) is 0 Å². The molecular weight excluding hydrogens is 210 g/mol. The Hall–Kier alpha value is -1.85. The molecule has 2 heterocycles. The van der Waals surface area contributed by atoms with E-state index in [1.807, 2.05) is 0 Å². The van der Waals surface area contributed by atoms with Gasteiger partial charge in [0.05, 0.1) is 12.3 Å². The number of nitrogens with zero attached hydrogens (tertiary/aromatic N) is 1. The van der Waals surface area contributed by atoms with Crippen molar-refractivity contribution in [1.29, 1.82) is 0 Å². The summed E-state index contributed by atoms with van der Waals surface area (Å²) in [6.45, 7) is 2.11. The lowest BCUT2D eigenvalue weighted by molar-refractivity contribution is -0.126. The fourth-order valence-corrected chi connectivity index (χ4v) is 1.99. The summed E-state index contributed by atoms with van der Waals surface area (Å²) in [5.41, 5.74) is 10.3. The number of hydrogen-bond acceptors (Lipinski definition) is 4. The van der Waals surface area contributed by atoms with E-state index in [1.54, 1.807) is 6.92 Å². The van der Waals surface area contributed by atoms with E-state index in [1.165, 1.54) is 0 Å². The Morgan fingerprint density at radius 2 is 2.12 bits per heavy atom. The summed E-state index contributed by atoms with van der Waals surface area (Å²) in [5, 5.41) is 0. The summed E-state index contributed by atoms with van der Waals surface area (Å²) in [6, 6.07) is 0. The number of carbonyl (C=O) groups is 2. The van der Waals surface area contributed by atoms with Crippen LogP contribution in [0.25, 0.3) is 0 Å². The smallest absolute Gasteiger partial charge is 0.263 e. The van der Waals surface area contributed by atoms with Crippen molar-refractivity contribution in [2.24, 2.45) is 21.9 Å². The topological polar surface area (TPSA) is 108 Å². The van der Waals surface area contributed by atoms with Crippen LogP contribution in [0, 0.1) is 5.41 Å². The first kappa shape index (κ1) is 10.7. The van der Waals surface area contributed by atoms with E-state index in [2.05, 4.69) is 4.99 Å². The quantitative estimate of drug-likeness (QED) is 0.655. The van der Waals surface area contributed by atoms with Gasteiger partial charge >= 0.3 is 0 Å². The molecule has 2 amide bonds. The molecule has 6 heteroatoms. The maximum absolute atomic E-state index is 11.5. The van der Waals surface area contributed by atoms with Gasteiger partial charge in [0.15, 0.2) is 0 Å². The maximum atomic E-state index is 11.5. The van der Waals surface area contributed by atoms with Gasteiger partial charge < -0.3 is 16.2 Å². The number of carbonyl (C=O) groups excluding carboxylic acids is 2. The number of rotatable bonds is 2. The molecule has 2 rings (SSSR count). The Morgan fingerprint density at radius 3 is 2.69 bits per heavy atom. The average molecular weight is 223 g/mol. The molecule has 16 heavy (non-hydrogen) atoms. The second kappa shape index (κ2) is 3.33. The molecule has 0 radical (unpaired) electrons. The fourth-order valence-electron chi connectivity index (χ4n) is 1.99. The van der Waals surface area contributed by atoms with E-state index >= 15 is 0 Å². The van der Waals surface area contributed by atoms with Crippen LogP contribution < -0.4 is 11.5 Å². The van der Waals surface area contributed by atoms with Crippen molar-refractivity contribution in [2.45, 2.75) is 19.8 Å². The molecule has 0 aliphatic carbocycles. The summed E-state index contributed by atoms with van der Waals surface area (Å²) in [5.74, 6) is -0.661. The van der Waals surface area contributed by atoms with Gasteiger partial charge in [0.1, 0.15) is 16.9 Å². The molecule has 1 atom stereocenters. The molecule has 2 aliphatic rings. The zero-order valence-electron chi connectivity index (χ0n) is 8.95. The fraction of sp³-hybridized carbons (Fsp3) is 0.500. The number of aliphatic imine (C=N–C) groups is 1. The molecule has 0 aromatic carbocycles. The van der Waals surface area contributed by atoms with Crippen molar-refractivity contribution in [3.63, 3.8) is 0 Å². The molecule has 0 aromatic rings. The average Bonchev–Trinajstić information content (AvgIpc) is 2.65. The standard InChI is InChI=1S/C10H13N3O3/c1-10(9(12)15)4-6(8(11)14)13-5-2-3-16-7(5)10/h2-4H2,1H3,(H2,11,14)(H2,12,15). The monoisotopic (exact) mass is 223 g/mol. The van der Waals surface area contributed by atoms with Crippen LogP contribution in [0.4, 0.5) is 0 Å². The van der Waals surface area contributed by atoms with Crippen LogP contribution in [0.5, 0.6) is 0 Å². The van der Waals surface area contributed by atoms with Gasteiger partial charge in [-0.25, -0.2) is 4.99 Å². The number of ether oxygens (including phenoxy) is 1. The van der Waals surface area contributed by atoms with Gasteiger partial charge in [0.2, 0.25) is 5.91 Å². The normalized spacial score (nSPS) is 28.2. The molecule has 1 unspecified atom stereocenters. The third kappa shape index (κ3) is 1.37. The summed E-state index contributed by atoms with van der Waals surface area (Å²) < 4.78 is 5.38. The molecule has 0 saturated carbocycles. The summed E-state index contributed by atoms with van der Waals surface area (Å²) >= 11 is 0. The zero-order chi connectivity index (χ0) is 11.9. The third-order valence-electron chi connectivity index (χ3n) is 2.97. The van der Waals surface area contributed by atoms with Crippen molar-refractivity contribution in [3.05, 3.63) is 11.5 Å². The van der Waals surface area contributed by atoms with E-state index in [0.717, 1.165) is 0 Å². The molecule has 0 fully saturated rings. The third-order valence-corrected chi connectivity index (χ3v) is 2.97. The first-order valence-electron chi connectivity index (χ1n) is 4.99. The molecule has 4 N–H and O–H groups in total. The van der Waals surface area contributed by atoms with Crippen molar-refractivity contribution < 1.29 is 14.3 Å². The number of hydrogen-bond donors (Lipinski definition) is 2. The maximum Gasteiger partial charge on any atom is 0.263 e. The summed E-state index contributed by atoms with van der Waals surface area (Å²) in [4.78, 5) is 26.7. The molecule has 6 nitrogen and oxygen atoms in total. The number of nitrogens with two attached hydrogens (primary N) is 2. The highest BCUT2D eigenvalue weighted by atomic mass is 16.5. The van der Waals surface area contributed by atoms with Gasteiger partial charge in [-0.3, -0.25) is 9.59 Å². The van der Waals surface area contributed by atoms with Gasteiger partial charge in [0.25, 0.3) is 5.91 Å². The second-order valence-corrected chi connectivity index (χ2v) is 4.17. The van der Waals surface area contributed by atoms with Gasteiger partial charge in [0, 0.05) is 12.8 Å². The SMILES string of the molecule is CC1(C(N)=O)CC(C(N)=O)=NC2=C1OCC2.